The second kappa shape index (κ2) is 7.13. The van der Waals surface area contributed by atoms with E-state index in [0.29, 0.717) is 13.0 Å². The Hall–Kier alpha value is -3.32. The smallest absolute Gasteiger partial charge is 0.251 e. The number of hydrogen-bond donors (Lipinski definition) is 0. The molecule has 4 rings (SSSR count). The first kappa shape index (κ1) is 17.1. The van der Waals surface area contributed by atoms with Gasteiger partial charge in [0.25, 0.3) is 5.91 Å². The van der Waals surface area contributed by atoms with E-state index in [9.17, 15) is 4.79 Å². The van der Waals surface area contributed by atoms with Gasteiger partial charge in [-0.2, -0.15) is 5.26 Å². The zero-order chi connectivity index (χ0) is 18.8. The van der Waals surface area contributed by atoms with Crippen LogP contribution in [0.4, 0.5) is 5.69 Å². The third-order valence-electron chi connectivity index (χ3n) is 5.13. The van der Waals surface area contributed by atoms with Gasteiger partial charge in [-0.15, -0.1) is 0 Å². The maximum Gasteiger partial charge on any atom is 0.251 e. The minimum atomic E-state index is 0.00121. The molecule has 2 heterocycles. The Kier molecular flexibility index (Phi) is 4.52. The highest BCUT2D eigenvalue weighted by Gasteiger charge is 2.29. The minimum absolute atomic E-state index is 0.00121. The van der Waals surface area contributed by atoms with Crippen molar-refractivity contribution in [2.45, 2.75) is 32.4 Å². The van der Waals surface area contributed by atoms with E-state index in [-0.39, 0.29) is 11.9 Å². The van der Waals surface area contributed by atoms with Crippen LogP contribution < -0.4 is 4.90 Å². The fourth-order valence-corrected chi connectivity index (χ4v) is 3.91. The molecule has 1 aliphatic heterocycles. The number of rotatable bonds is 4. The van der Waals surface area contributed by atoms with Crippen LogP contribution in [0.25, 0.3) is 17.0 Å². The van der Waals surface area contributed by atoms with Gasteiger partial charge in [0.1, 0.15) is 0 Å². The summed E-state index contributed by atoms with van der Waals surface area (Å²) in [5, 5.41) is 9.97. The van der Waals surface area contributed by atoms with Crippen LogP contribution in [0.2, 0.25) is 0 Å². The van der Waals surface area contributed by atoms with Gasteiger partial charge in [-0.25, -0.2) is 0 Å². The highest BCUT2D eigenvalue weighted by Crippen LogP contribution is 2.32. The number of nitriles is 1. The Morgan fingerprint density at radius 1 is 1.22 bits per heavy atom. The van der Waals surface area contributed by atoms with Crippen molar-refractivity contribution in [1.82, 2.24) is 4.57 Å². The number of aryl methyl sites for hydroxylation is 1. The summed E-state index contributed by atoms with van der Waals surface area (Å²) >= 11 is 0. The molecule has 3 aromatic rings. The summed E-state index contributed by atoms with van der Waals surface area (Å²) in [5.74, 6) is 0.00121. The molecular formula is C23H21N3O. The van der Waals surface area contributed by atoms with Crippen molar-refractivity contribution in [1.29, 1.82) is 5.26 Å². The largest absolute Gasteiger partial charge is 0.346 e. The van der Waals surface area contributed by atoms with Crippen LogP contribution in [0.5, 0.6) is 0 Å². The Balaban J connectivity index is 1.64. The van der Waals surface area contributed by atoms with Crippen molar-refractivity contribution in [2.75, 3.05) is 4.90 Å². The fraction of sp³-hybridized carbons (Fsp3) is 0.217. The lowest BCUT2D eigenvalue weighted by Crippen LogP contribution is -2.34. The molecule has 0 aliphatic carbocycles. The molecule has 2 aromatic carbocycles. The molecule has 1 amide bonds. The van der Waals surface area contributed by atoms with Crippen LogP contribution in [-0.2, 0) is 17.8 Å². The monoisotopic (exact) mass is 355 g/mol. The minimum Gasteiger partial charge on any atom is -0.346 e. The summed E-state index contributed by atoms with van der Waals surface area (Å²) in [6.45, 7) is 2.73. The number of carbonyl (C=O) groups is 1. The van der Waals surface area contributed by atoms with Crippen LogP contribution in [0.15, 0.2) is 60.8 Å². The van der Waals surface area contributed by atoms with E-state index in [2.05, 4.69) is 29.7 Å². The Labute approximate surface area is 158 Å². The van der Waals surface area contributed by atoms with Crippen LogP contribution in [-0.4, -0.2) is 16.5 Å². The van der Waals surface area contributed by atoms with E-state index >= 15 is 0 Å². The fourth-order valence-electron chi connectivity index (χ4n) is 3.91. The van der Waals surface area contributed by atoms with E-state index in [1.807, 2.05) is 53.6 Å². The summed E-state index contributed by atoms with van der Waals surface area (Å²) in [4.78, 5) is 14.8. The number of amides is 1. The number of benzene rings is 2. The maximum absolute atomic E-state index is 12.9. The third-order valence-corrected chi connectivity index (χ3v) is 5.13. The molecule has 1 unspecified atom stereocenters. The summed E-state index contributed by atoms with van der Waals surface area (Å²) < 4.78 is 2.08. The van der Waals surface area contributed by atoms with Gasteiger partial charge in [-0.05, 0) is 37.1 Å². The highest BCUT2D eigenvalue weighted by atomic mass is 16.2. The summed E-state index contributed by atoms with van der Waals surface area (Å²) in [7, 11) is 0. The molecular weight excluding hydrogens is 334 g/mol. The lowest BCUT2D eigenvalue weighted by Gasteiger charge is -2.20. The second-order valence-electron chi connectivity index (χ2n) is 6.93. The predicted molar refractivity (Wildman–Crippen MR) is 108 cm³/mol. The Morgan fingerprint density at radius 3 is 2.85 bits per heavy atom. The second-order valence-corrected chi connectivity index (χ2v) is 6.93. The van der Waals surface area contributed by atoms with Crippen molar-refractivity contribution in [2.24, 2.45) is 0 Å². The summed E-state index contributed by atoms with van der Waals surface area (Å²) in [5.41, 5.74) is 4.31. The normalized spacial score (nSPS) is 16.0. The van der Waals surface area contributed by atoms with Crippen LogP contribution >= 0.6 is 0 Å². The van der Waals surface area contributed by atoms with Gasteiger partial charge in [-0.1, -0.05) is 36.4 Å². The molecule has 1 aromatic heterocycles. The van der Waals surface area contributed by atoms with Crippen molar-refractivity contribution in [3.8, 4) is 6.07 Å². The molecule has 1 aliphatic rings. The van der Waals surface area contributed by atoms with Gasteiger partial charge in [0.05, 0.1) is 12.5 Å². The quantitative estimate of drug-likeness (QED) is 0.645. The zero-order valence-electron chi connectivity index (χ0n) is 15.3. The average Bonchev–Trinajstić information content (AvgIpc) is 3.21. The summed E-state index contributed by atoms with van der Waals surface area (Å²) in [6, 6.07) is 18.5. The lowest BCUT2D eigenvalue weighted by atomic mass is 10.1. The van der Waals surface area contributed by atoms with E-state index < -0.39 is 0 Å². The Bertz CT molecular complexity index is 1070. The molecule has 4 nitrogen and oxygen atoms in total. The lowest BCUT2D eigenvalue weighted by molar-refractivity contribution is -0.114. The number of anilines is 1. The number of hydrogen-bond acceptors (Lipinski definition) is 2. The molecule has 0 radical (unpaired) electrons. The number of aromatic nitrogens is 1. The van der Waals surface area contributed by atoms with Gasteiger partial charge in [0.15, 0.2) is 0 Å². The SMILES string of the molecule is CC1Cc2ccccc2N1C(=O)/C=C/c1cn(CCC#N)c2ccccc12. The molecule has 0 spiro atoms. The van der Waals surface area contributed by atoms with E-state index in [0.717, 1.165) is 28.6 Å². The van der Waals surface area contributed by atoms with E-state index in [4.69, 9.17) is 5.26 Å². The highest BCUT2D eigenvalue weighted by molar-refractivity contribution is 6.06. The molecule has 0 bridgehead atoms. The zero-order valence-corrected chi connectivity index (χ0v) is 15.3. The first-order valence-corrected chi connectivity index (χ1v) is 9.23. The van der Waals surface area contributed by atoms with Crippen LogP contribution in [0.3, 0.4) is 0 Å². The average molecular weight is 355 g/mol. The van der Waals surface area contributed by atoms with Gasteiger partial charge in [-0.3, -0.25) is 4.79 Å². The molecule has 0 fully saturated rings. The molecule has 0 saturated heterocycles. The molecule has 1 atom stereocenters. The van der Waals surface area contributed by atoms with E-state index in [1.165, 1.54) is 5.56 Å². The van der Waals surface area contributed by atoms with Crippen molar-refractivity contribution >= 4 is 28.6 Å². The van der Waals surface area contributed by atoms with Crippen LogP contribution in [0, 0.1) is 11.3 Å². The van der Waals surface area contributed by atoms with Crippen molar-refractivity contribution in [3.05, 3.63) is 71.9 Å². The number of carbonyl (C=O) groups excluding carboxylic acids is 1. The van der Waals surface area contributed by atoms with Gasteiger partial charge in [0, 0.05) is 47.0 Å². The topological polar surface area (TPSA) is 49.0 Å². The number of fused-ring (bicyclic) bond motifs is 2. The summed E-state index contributed by atoms with van der Waals surface area (Å²) in [6.07, 6.45) is 6.93. The van der Waals surface area contributed by atoms with Crippen molar-refractivity contribution in [3.63, 3.8) is 0 Å². The van der Waals surface area contributed by atoms with Gasteiger partial charge < -0.3 is 9.47 Å². The third kappa shape index (κ3) is 3.13. The molecule has 4 heteroatoms. The maximum atomic E-state index is 12.9. The molecule has 27 heavy (non-hydrogen) atoms. The molecule has 134 valence electrons. The van der Waals surface area contributed by atoms with Crippen molar-refractivity contribution < 1.29 is 4.79 Å². The first-order valence-electron chi connectivity index (χ1n) is 9.23. The van der Waals surface area contributed by atoms with Gasteiger partial charge >= 0.3 is 0 Å². The molecule has 0 saturated carbocycles. The molecule has 0 N–H and O–H groups in total. The van der Waals surface area contributed by atoms with Gasteiger partial charge in [0.2, 0.25) is 0 Å². The standard InChI is InChI=1S/C23H21N3O/c1-17-15-18-7-2-4-9-21(18)26(17)23(27)12-11-19-16-25(14-6-13-24)22-10-5-3-8-20(19)22/h2-5,7-12,16-17H,6,14-15H2,1H3/b12-11+. The predicted octanol–water partition coefficient (Wildman–Crippen LogP) is 4.55. The van der Waals surface area contributed by atoms with Crippen LogP contribution in [0.1, 0.15) is 24.5 Å². The Morgan fingerprint density at radius 2 is 2.00 bits per heavy atom. The number of para-hydroxylation sites is 2. The number of nitrogens with zero attached hydrogens (tertiary/aromatic N) is 3. The van der Waals surface area contributed by atoms with E-state index in [1.54, 1.807) is 6.08 Å². The first-order chi connectivity index (χ1) is 13.2.